The second-order valence-electron chi connectivity index (χ2n) is 6.74. The summed E-state index contributed by atoms with van der Waals surface area (Å²) < 4.78 is 13.3. The average molecular weight is 387 g/mol. The maximum Gasteiger partial charge on any atom is 0.254 e. The highest BCUT2D eigenvalue weighted by molar-refractivity contribution is 5.94. The molecule has 0 bridgehead atoms. The highest BCUT2D eigenvalue weighted by Gasteiger charge is 2.18. The SMILES string of the molecule is O=C(c1ccc(F)cc1)N(Cc1cccnc1)Cc1cc2ccccc2[nH]c1=O. The molecule has 5 nitrogen and oxygen atoms in total. The van der Waals surface area contributed by atoms with E-state index in [2.05, 4.69) is 9.97 Å². The molecule has 0 aliphatic carbocycles. The van der Waals surface area contributed by atoms with E-state index in [4.69, 9.17) is 0 Å². The molecule has 0 saturated carbocycles. The summed E-state index contributed by atoms with van der Waals surface area (Å²) >= 11 is 0. The third-order valence-electron chi connectivity index (χ3n) is 4.67. The van der Waals surface area contributed by atoms with Crippen molar-refractivity contribution in [2.75, 3.05) is 0 Å². The molecule has 1 amide bonds. The van der Waals surface area contributed by atoms with Crippen LogP contribution in [-0.2, 0) is 13.1 Å². The van der Waals surface area contributed by atoms with Gasteiger partial charge in [-0.25, -0.2) is 4.39 Å². The number of benzene rings is 2. The monoisotopic (exact) mass is 387 g/mol. The van der Waals surface area contributed by atoms with Crippen LogP contribution in [0.1, 0.15) is 21.5 Å². The van der Waals surface area contributed by atoms with Crippen molar-refractivity contribution in [2.24, 2.45) is 0 Å². The normalized spacial score (nSPS) is 10.8. The molecule has 0 unspecified atom stereocenters. The molecule has 1 N–H and O–H groups in total. The van der Waals surface area contributed by atoms with E-state index >= 15 is 0 Å². The smallest absolute Gasteiger partial charge is 0.254 e. The summed E-state index contributed by atoms with van der Waals surface area (Å²) in [7, 11) is 0. The number of amides is 1. The molecule has 0 spiro atoms. The molecule has 4 rings (SSSR count). The molecule has 6 heteroatoms. The van der Waals surface area contributed by atoms with Crippen LogP contribution in [-0.4, -0.2) is 20.8 Å². The lowest BCUT2D eigenvalue weighted by Crippen LogP contribution is -2.32. The number of pyridine rings is 2. The Kier molecular flexibility index (Phi) is 5.16. The Morgan fingerprint density at radius 2 is 1.79 bits per heavy atom. The number of halogens is 1. The van der Waals surface area contributed by atoms with Gasteiger partial charge in [0.1, 0.15) is 5.82 Å². The van der Waals surface area contributed by atoms with Gasteiger partial charge in [-0.15, -0.1) is 0 Å². The molecule has 2 aromatic heterocycles. The fraction of sp³-hybridized carbons (Fsp3) is 0.0870. The molecule has 144 valence electrons. The number of carbonyl (C=O) groups excluding carboxylic acids is 1. The molecule has 0 atom stereocenters. The van der Waals surface area contributed by atoms with Crippen molar-refractivity contribution in [1.82, 2.24) is 14.9 Å². The Morgan fingerprint density at radius 1 is 1.00 bits per heavy atom. The van der Waals surface area contributed by atoms with Gasteiger partial charge >= 0.3 is 0 Å². The Bertz CT molecular complexity index is 1200. The molecular formula is C23H18FN3O2. The Balaban J connectivity index is 1.70. The van der Waals surface area contributed by atoms with Crippen molar-refractivity contribution in [3.05, 3.63) is 112 Å². The second kappa shape index (κ2) is 8.06. The summed E-state index contributed by atoms with van der Waals surface area (Å²) in [4.78, 5) is 34.2. The van der Waals surface area contributed by atoms with Gasteiger partial charge in [0.25, 0.3) is 11.5 Å². The number of hydrogen-bond donors (Lipinski definition) is 1. The molecule has 0 fully saturated rings. The highest BCUT2D eigenvalue weighted by atomic mass is 19.1. The van der Waals surface area contributed by atoms with Crippen LogP contribution in [0.4, 0.5) is 4.39 Å². The zero-order valence-electron chi connectivity index (χ0n) is 15.5. The van der Waals surface area contributed by atoms with E-state index in [0.717, 1.165) is 16.5 Å². The lowest BCUT2D eigenvalue weighted by molar-refractivity contribution is 0.0729. The third-order valence-corrected chi connectivity index (χ3v) is 4.67. The lowest BCUT2D eigenvalue weighted by atomic mass is 10.1. The van der Waals surface area contributed by atoms with E-state index < -0.39 is 5.82 Å². The summed E-state index contributed by atoms with van der Waals surface area (Å²) in [6.07, 6.45) is 3.33. The Labute approximate surface area is 166 Å². The number of aromatic nitrogens is 2. The van der Waals surface area contributed by atoms with Gasteiger partial charge in [-0.05, 0) is 53.4 Å². The summed E-state index contributed by atoms with van der Waals surface area (Å²) in [6, 6.07) is 18.3. The van der Waals surface area contributed by atoms with Crippen molar-refractivity contribution in [3.8, 4) is 0 Å². The van der Waals surface area contributed by atoms with Gasteiger partial charge in [0.05, 0.1) is 6.54 Å². The summed E-state index contributed by atoms with van der Waals surface area (Å²) in [5.41, 5.74) is 2.16. The molecule has 2 heterocycles. The van der Waals surface area contributed by atoms with Crippen LogP contribution in [0.3, 0.4) is 0 Å². The Hall–Kier alpha value is -3.80. The first-order chi connectivity index (χ1) is 14.1. The number of rotatable bonds is 5. The number of carbonyl (C=O) groups is 1. The van der Waals surface area contributed by atoms with Gasteiger partial charge in [0, 0.05) is 35.6 Å². The maximum atomic E-state index is 13.3. The van der Waals surface area contributed by atoms with Crippen molar-refractivity contribution in [1.29, 1.82) is 0 Å². The van der Waals surface area contributed by atoms with Crippen LogP contribution < -0.4 is 5.56 Å². The van der Waals surface area contributed by atoms with Gasteiger partial charge in [-0.2, -0.15) is 0 Å². The number of aromatic amines is 1. The van der Waals surface area contributed by atoms with Gasteiger partial charge in [0.2, 0.25) is 0 Å². The fourth-order valence-electron chi connectivity index (χ4n) is 3.20. The molecule has 4 aromatic rings. The van der Waals surface area contributed by atoms with Crippen LogP contribution in [0.2, 0.25) is 0 Å². The average Bonchev–Trinajstić information content (AvgIpc) is 2.74. The predicted octanol–water partition coefficient (Wildman–Crippen LogP) is 3.90. The van der Waals surface area contributed by atoms with Gasteiger partial charge in [0.15, 0.2) is 0 Å². The molecule has 2 aromatic carbocycles. The van der Waals surface area contributed by atoms with E-state index in [9.17, 15) is 14.0 Å². The number of para-hydroxylation sites is 1. The molecule has 29 heavy (non-hydrogen) atoms. The number of H-pyrrole nitrogens is 1. The predicted molar refractivity (Wildman–Crippen MR) is 109 cm³/mol. The van der Waals surface area contributed by atoms with Crippen molar-refractivity contribution >= 4 is 16.8 Å². The molecular weight excluding hydrogens is 369 g/mol. The van der Waals surface area contributed by atoms with Crippen LogP contribution in [0.15, 0.2) is 83.9 Å². The summed E-state index contributed by atoms with van der Waals surface area (Å²) in [5, 5.41) is 0.887. The second-order valence-corrected chi connectivity index (χ2v) is 6.74. The highest BCUT2D eigenvalue weighted by Crippen LogP contribution is 2.16. The number of fused-ring (bicyclic) bond motifs is 1. The zero-order valence-corrected chi connectivity index (χ0v) is 15.5. The zero-order chi connectivity index (χ0) is 20.2. The topological polar surface area (TPSA) is 66.1 Å². The first kappa shape index (κ1) is 18.6. The van der Waals surface area contributed by atoms with Crippen molar-refractivity contribution in [3.63, 3.8) is 0 Å². The summed E-state index contributed by atoms with van der Waals surface area (Å²) in [6.45, 7) is 0.390. The minimum absolute atomic E-state index is 0.116. The van der Waals surface area contributed by atoms with E-state index in [1.807, 2.05) is 30.3 Å². The molecule has 0 aliphatic heterocycles. The molecule has 0 radical (unpaired) electrons. The first-order valence-electron chi connectivity index (χ1n) is 9.15. The van der Waals surface area contributed by atoms with Gasteiger partial charge < -0.3 is 9.88 Å². The largest absolute Gasteiger partial charge is 0.330 e. The first-order valence-corrected chi connectivity index (χ1v) is 9.15. The minimum atomic E-state index is -0.411. The Morgan fingerprint density at radius 3 is 2.55 bits per heavy atom. The molecule has 0 saturated heterocycles. The quantitative estimate of drug-likeness (QED) is 0.565. The van der Waals surface area contributed by atoms with Crippen LogP contribution in [0.5, 0.6) is 0 Å². The fourth-order valence-corrected chi connectivity index (χ4v) is 3.20. The number of hydrogen-bond acceptors (Lipinski definition) is 3. The van der Waals surface area contributed by atoms with Gasteiger partial charge in [-0.1, -0.05) is 24.3 Å². The minimum Gasteiger partial charge on any atom is -0.330 e. The van der Waals surface area contributed by atoms with E-state index in [0.29, 0.717) is 11.1 Å². The standard InChI is InChI=1S/C23H18FN3O2/c24-20-9-7-17(8-10-20)23(29)27(14-16-4-3-11-25-13-16)15-19-12-18-5-1-2-6-21(18)26-22(19)28/h1-13H,14-15H2,(H,26,28). The van der Waals surface area contributed by atoms with E-state index in [1.165, 1.54) is 24.3 Å². The summed E-state index contributed by atoms with van der Waals surface area (Å²) in [5.74, 6) is -0.701. The number of nitrogens with one attached hydrogen (secondary N) is 1. The third kappa shape index (κ3) is 4.21. The van der Waals surface area contributed by atoms with Crippen molar-refractivity contribution in [2.45, 2.75) is 13.1 Å². The lowest BCUT2D eigenvalue weighted by Gasteiger charge is -2.23. The van der Waals surface area contributed by atoms with Crippen LogP contribution in [0, 0.1) is 5.82 Å². The van der Waals surface area contributed by atoms with Crippen molar-refractivity contribution < 1.29 is 9.18 Å². The maximum absolute atomic E-state index is 13.3. The van der Waals surface area contributed by atoms with Crippen LogP contribution >= 0.6 is 0 Å². The van der Waals surface area contributed by atoms with Crippen LogP contribution in [0.25, 0.3) is 10.9 Å². The molecule has 0 aliphatic rings. The van der Waals surface area contributed by atoms with E-state index in [1.54, 1.807) is 29.4 Å². The van der Waals surface area contributed by atoms with E-state index in [-0.39, 0.29) is 24.6 Å². The number of nitrogens with zero attached hydrogens (tertiary/aromatic N) is 2. The van der Waals surface area contributed by atoms with Gasteiger partial charge in [-0.3, -0.25) is 14.6 Å².